The molecule has 1 amide bonds. The van der Waals surface area contributed by atoms with Gasteiger partial charge >= 0.3 is 0 Å². The smallest absolute Gasteiger partial charge is 0.264 e. The Morgan fingerprint density at radius 2 is 1.95 bits per heavy atom. The molecule has 2 rings (SSSR count). The standard InChI is InChI=1S/C15H16ClN3O2/c1-15(2,3)14(21)17-12-8-9(16)4-5-10(12)11-6-7-13(20)19-18-11/h4-8H,1-3H3,(H,17,21)(H,19,20). The van der Waals surface area contributed by atoms with Crippen LogP contribution >= 0.6 is 11.6 Å². The van der Waals surface area contributed by atoms with Crippen molar-refractivity contribution in [3.63, 3.8) is 0 Å². The summed E-state index contributed by atoms with van der Waals surface area (Å²) in [4.78, 5) is 23.2. The molecular formula is C15H16ClN3O2. The van der Waals surface area contributed by atoms with Gasteiger partial charge in [0.15, 0.2) is 0 Å². The minimum absolute atomic E-state index is 0.129. The van der Waals surface area contributed by atoms with Gasteiger partial charge in [-0.1, -0.05) is 32.4 Å². The van der Waals surface area contributed by atoms with E-state index in [2.05, 4.69) is 15.5 Å². The molecule has 5 nitrogen and oxygen atoms in total. The molecule has 21 heavy (non-hydrogen) atoms. The molecule has 0 aliphatic carbocycles. The summed E-state index contributed by atoms with van der Waals surface area (Å²) in [6.07, 6.45) is 0. The van der Waals surface area contributed by atoms with Crippen LogP contribution in [0.15, 0.2) is 35.1 Å². The maximum Gasteiger partial charge on any atom is 0.264 e. The summed E-state index contributed by atoms with van der Waals surface area (Å²) >= 11 is 6.00. The predicted molar refractivity (Wildman–Crippen MR) is 83.4 cm³/mol. The van der Waals surface area contributed by atoms with Crippen molar-refractivity contribution in [2.24, 2.45) is 5.41 Å². The minimum Gasteiger partial charge on any atom is -0.325 e. The van der Waals surface area contributed by atoms with Gasteiger partial charge in [-0.05, 0) is 24.3 Å². The number of carbonyl (C=O) groups is 1. The summed E-state index contributed by atoms with van der Waals surface area (Å²) in [5.74, 6) is -0.129. The molecule has 0 atom stereocenters. The van der Waals surface area contributed by atoms with E-state index >= 15 is 0 Å². The predicted octanol–water partition coefficient (Wildman–Crippen LogP) is 3.07. The van der Waals surface area contributed by atoms with E-state index in [0.717, 1.165) is 0 Å². The average molecular weight is 306 g/mol. The van der Waals surface area contributed by atoms with Crippen molar-refractivity contribution in [3.8, 4) is 11.3 Å². The van der Waals surface area contributed by atoms with Crippen LogP contribution in [0, 0.1) is 5.41 Å². The third-order valence-electron chi connectivity index (χ3n) is 2.87. The topological polar surface area (TPSA) is 74.8 Å². The summed E-state index contributed by atoms with van der Waals surface area (Å²) in [6, 6.07) is 8.09. The van der Waals surface area contributed by atoms with Crippen LogP contribution in [0.25, 0.3) is 11.3 Å². The molecule has 0 aliphatic rings. The molecule has 0 radical (unpaired) electrons. The summed E-state index contributed by atoms with van der Waals surface area (Å²) in [7, 11) is 0. The molecule has 2 aromatic rings. The number of nitrogens with zero attached hydrogens (tertiary/aromatic N) is 1. The zero-order valence-electron chi connectivity index (χ0n) is 12.0. The van der Waals surface area contributed by atoms with E-state index in [4.69, 9.17) is 11.6 Å². The van der Waals surface area contributed by atoms with Crippen LogP contribution in [-0.4, -0.2) is 16.1 Å². The molecule has 0 saturated heterocycles. The Kier molecular flexibility index (Phi) is 4.14. The van der Waals surface area contributed by atoms with Gasteiger partial charge in [0.2, 0.25) is 5.91 Å². The lowest BCUT2D eigenvalue weighted by Gasteiger charge is -2.19. The van der Waals surface area contributed by atoms with Crippen LogP contribution < -0.4 is 10.9 Å². The van der Waals surface area contributed by atoms with Crippen molar-refractivity contribution in [2.45, 2.75) is 20.8 Å². The molecule has 0 saturated carbocycles. The first-order chi connectivity index (χ1) is 9.77. The second kappa shape index (κ2) is 5.69. The van der Waals surface area contributed by atoms with Crippen LogP contribution in [-0.2, 0) is 4.79 Å². The molecule has 6 heteroatoms. The van der Waals surface area contributed by atoms with Gasteiger partial charge in [-0.3, -0.25) is 9.59 Å². The number of benzene rings is 1. The Morgan fingerprint density at radius 3 is 2.52 bits per heavy atom. The van der Waals surface area contributed by atoms with E-state index in [0.29, 0.717) is 22.0 Å². The Hall–Kier alpha value is -2.14. The maximum absolute atomic E-state index is 12.2. The lowest BCUT2D eigenvalue weighted by molar-refractivity contribution is -0.123. The molecule has 0 spiro atoms. The first-order valence-corrected chi connectivity index (χ1v) is 6.82. The number of nitrogens with one attached hydrogen (secondary N) is 2. The van der Waals surface area contributed by atoms with Crippen LogP contribution in [0.4, 0.5) is 5.69 Å². The molecule has 1 aromatic heterocycles. The number of H-pyrrole nitrogens is 1. The quantitative estimate of drug-likeness (QED) is 0.895. The largest absolute Gasteiger partial charge is 0.325 e. The Balaban J connectivity index is 2.45. The lowest BCUT2D eigenvalue weighted by atomic mass is 9.95. The van der Waals surface area contributed by atoms with E-state index < -0.39 is 5.41 Å². The zero-order chi connectivity index (χ0) is 15.6. The fraction of sp³-hybridized carbons (Fsp3) is 0.267. The fourth-order valence-electron chi connectivity index (χ4n) is 1.65. The average Bonchev–Trinajstić information content (AvgIpc) is 2.39. The van der Waals surface area contributed by atoms with Gasteiger partial charge < -0.3 is 5.32 Å². The van der Waals surface area contributed by atoms with E-state index in [9.17, 15) is 9.59 Å². The highest BCUT2D eigenvalue weighted by Crippen LogP contribution is 2.30. The zero-order valence-corrected chi connectivity index (χ0v) is 12.8. The van der Waals surface area contributed by atoms with Crippen molar-refractivity contribution in [1.29, 1.82) is 0 Å². The third-order valence-corrected chi connectivity index (χ3v) is 3.10. The molecule has 1 heterocycles. The maximum atomic E-state index is 12.2. The van der Waals surface area contributed by atoms with Gasteiger partial charge in [-0.25, -0.2) is 5.10 Å². The number of halogens is 1. The van der Waals surface area contributed by atoms with E-state index in [1.54, 1.807) is 24.3 Å². The van der Waals surface area contributed by atoms with Crippen molar-refractivity contribution < 1.29 is 4.79 Å². The normalized spacial score (nSPS) is 11.2. The van der Waals surface area contributed by atoms with Crippen LogP contribution in [0.1, 0.15) is 20.8 Å². The van der Waals surface area contributed by atoms with Gasteiger partial charge in [-0.2, -0.15) is 5.10 Å². The van der Waals surface area contributed by atoms with Gasteiger partial charge in [-0.15, -0.1) is 0 Å². The van der Waals surface area contributed by atoms with Crippen LogP contribution in [0.2, 0.25) is 5.02 Å². The highest BCUT2D eigenvalue weighted by Gasteiger charge is 2.22. The lowest BCUT2D eigenvalue weighted by Crippen LogP contribution is -2.27. The first kappa shape index (κ1) is 15.3. The summed E-state index contributed by atoms with van der Waals surface area (Å²) in [5, 5.41) is 9.70. The third kappa shape index (κ3) is 3.70. The Bertz CT molecular complexity index is 712. The summed E-state index contributed by atoms with van der Waals surface area (Å²) in [5.41, 5.74) is 0.983. The van der Waals surface area contributed by atoms with Crippen LogP contribution in [0.5, 0.6) is 0 Å². The Morgan fingerprint density at radius 1 is 1.24 bits per heavy atom. The number of hydrogen-bond acceptors (Lipinski definition) is 3. The highest BCUT2D eigenvalue weighted by molar-refractivity contribution is 6.31. The molecule has 0 bridgehead atoms. The van der Waals surface area contributed by atoms with Crippen molar-refractivity contribution >= 4 is 23.2 Å². The number of anilines is 1. The second-order valence-corrected chi connectivity index (χ2v) is 6.14. The molecule has 110 valence electrons. The van der Waals surface area contributed by atoms with Gasteiger partial charge in [0, 0.05) is 22.1 Å². The van der Waals surface area contributed by atoms with Gasteiger partial charge in [0.25, 0.3) is 5.56 Å². The Labute approximate surface area is 127 Å². The van der Waals surface area contributed by atoms with E-state index in [1.165, 1.54) is 6.07 Å². The fourth-order valence-corrected chi connectivity index (χ4v) is 1.82. The number of amides is 1. The van der Waals surface area contributed by atoms with Gasteiger partial charge in [0.1, 0.15) is 0 Å². The number of hydrogen-bond donors (Lipinski definition) is 2. The number of carbonyl (C=O) groups excluding carboxylic acids is 1. The highest BCUT2D eigenvalue weighted by atomic mass is 35.5. The van der Waals surface area contributed by atoms with Crippen molar-refractivity contribution in [3.05, 3.63) is 45.7 Å². The SMILES string of the molecule is CC(C)(C)C(=O)Nc1cc(Cl)ccc1-c1ccc(=O)[nH]n1. The summed E-state index contributed by atoms with van der Waals surface area (Å²) in [6.45, 7) is 5.47. The number of rotatable bonds is 2. The molecule has 0 aliphatic heterocycles. The molecule has 1 aromatic carbocycles. The first-order valence-electron chi connectivity index (χ1n) is 6.44. The minimum atomic E-state index is -0.530. The monoisotopic (exact) mass is 305 g/mol. The number of aromatic nitrogens is 2. The summed E-state index contributed by atoms with van der Waals surface area (Å²) < 4.78 is 0. The van der Waals surface area contributed by atoms with Gasteiger partial charge in [0.05, 0.1) is 11.4 Å². The van der Waals surface area contributed by atoms with E-state index in [1.807, 2.05) is 20.8 Å². The molecular weight excluding hydrogens is 290 g/mol. The number of aromatic amines is 1. The van der Waals surface area contributed by atoms with E-state index in [-0.39, 0.29) is 11.5 Å². The molecule has 0 fully saturated rings. The van der Waals surface area contributed by atoms with Crippen molar-refractivity contribution in [1.82, 2.24) is 10.2 Å². The molecule has 2 N–H and O–H groups in total. The second-order valence-electron chi connectivity index (χ2n) is 5.70. The van der Waals surface area contributed by atoms with Crippen molar-refractivity contribution in [2.75, 3.05) is 5.32 Å². The molecule has 0 unspecified atom stereocenters. The van der Waals surface area contributed by atoms with Crippen LogP contribution in [0.3, 0.4) is 0 Å².